The van der Waals surface area contributed by atoms with Crippen molar-refractivity contribution in [2.75, 3.05) is 6.54 Å². The van der Waals surface area contributed by atoms with Crippen molar-refractivity contribution in [3.8, 4) is 5.75 Å². The fourth-order valence-corrected chi connectivity index (χ4v) is 2.79. The van der Waals surface area contributed by atoms with E-state index in [4.69, 9.17) is 4.74 Å². The summed E-state index contributed by atoms with van der Waals surface area (Å²) in [5, 5.41) is 6.66. The summed E-state index contributed by atoms with van der Waals surface area (Å²) in [6.07, 6.45) is 1.15. The number of thiazole rings is 1. The first-order chi connectivity index (χ1) is 10.2. The molecule has 0 aliphatic carbocycles. The van der Waals surface area contributed by atoms with Crippen LogP contribution in [0.4, 0.5) is 0 Å². The number of rotatable bonds is 8. The van der Waals surface area contributed by atoms with Gasteiger partial charge in [0, 0.05) is 17.8 Å². The predicted octanol–water partition coefficient (Wildman–Crippen LogP) is 4.35. The maximum Gasteiger partial charge on any atom is 0.131 e. The van der Waals surface area contributed by atoms with Crippen molar-refractivity contribution in [2.45, 2.75) is 46.3 Å². The van der Waals surface area contributed by atoms with Crippen LogP contribution in [0, 0.1) is 0 Å². The van der Waals surface area contributed by atoms with Gasteiger partial charge < -0.3 is 10.1 Å². The van der Waals surface area contributed by atoms with Crippen LogP contribution in [0.15, 0.2) is 29.6 Å². The number of nitrogens with one attached hydrogen (secondary N) is 1. The first-order valence-electron chi connectivity index (χ1n) is 7.55. The minimum absolute atomic E-state index is 0.483. The molecule has 2 rings (SSSR count). The zero-order valence-corrected chi connectivity index (χ0v) is 13.9. The zero-order chi connectivity index (χ0) is 15.1. The largest absolute Gasteiger partial charge is 0.487 e. The van der Waals surface area contributed by atoms with E-state index >= 15 is 0 Å². The lowest BCUT2D eigenvalue weighted by atomic mass is 10.2. The molecule has 0 amide bonds. The lowest BCUT2D eigenvalue weighted by Gasteiger charge is -2.07. The standard InChI is InChI=1S/C17H24N2OS/c1-4-8-18-10-14-6-5-7-16(9-14)20-11-15-12-21-17(19-15)13(2)3/h5-7,9,12-13,18H,4,8,10-11H2,1-3H3. The lowest BCUT2D eigenvalue weighted by molar-refractivity contribution is 0.301. The smallest absolute Gasteiger partial charge is 0.131 e. The highest BCUT2D eigenvalue weighted by Gasteiger charge is 2.06. The molecule has 0 saturated heterocycles. The van der Waals surface area contributed by atoms with E-state index in [1.165, 1.54) is 10.6 Å². The fraction of sp³-hybridized carbons (Fsp3) is 0.471. The molecule has 1 N–H and O–H groups in total. The van der Waals surface area contributed by atoms with Crippen molar-refractivity contribution in [1.29, 1.82) is 0 Å². The third kappa shape index (κ3) is 5.14. The molecule has 0 saturated carbocycles. The Morgan fingerprint density at radius 3 is 2.90 bits per heavy atom. The Morgan fingerprint density at radius 1 is 1.33 bits per heavy atom. The number of aromatic nitrogens is 1. The monoisotopic (exact) mass is 304 g/mol. The van der Waals surface area contributed by atoms with Gasteiger partial charge in [-0.05, 0) is 30.7 Å². The lowest BCUT2D eigenvalue weighted by Crippen LogP contribution is -2.13. The van der Waals surface area contributed by atoms with Crippen molar-refractivity contribution < 1.29 is 4.74 Å². The van der Waals surface area contributed by atoms with Crippen molar-refractivity contribution >= 4 is 11.3 Å². The molecule has 0 atom stereocenters. The van der Waals surface area contributed by atoms with Crippen LogP contribution in [0.1, 0.15) is 49.4 Å². The molecule has 0 aliphatic heterocycles. The van der Waals surface area contributed by atoms with E-state index in [2.05, 4.69) is 48.6 Å². The van der Waals surface area contributed by atoms with Crippen LogP contribution in [-0.2, 0) is 13.2 Å². The molecule has 1 heterocycles. The fourth-order valence-electron chi connectivity index (χ4n) is 1.97. The van der Waals surface area contributed by atoms with E-state index < -0.39 is 0 Å². The van der Waals surface area contributed by atoms with Crippen LogP contribution in [-0.4, -0.2) is 11.5 Å². The summed E-state index contributed by atoms with van der Waals surface area (Å²) in [7, 11) is 0. The summed E-state index contributed by atoms with van der Waals surface area (Å²) < 4.78 is 5.85. The van der Waals surface area contributed by atoms with Crippen molar-refractivity contribution in [3.05, 3.63) is 45.9 Å². The van der Waals surface area contributed by atoms with Gasteiger partial charge in [-0.3, -0.25) is 0 Å². The normalized spacial score (nSPS) is 11.0. The Bertz CT molecular complexity index is 551. The minimum Gasteiger partial charge on any atom is -0.487 e. The van der Waals surface area contributed by atoms with Crippen LogP contribution in [0.5, 0.6) is 5.75 Å². The maximum atomic E-state index is 5.85. The number of nitrogens with zero attached hydrogens (tertiary/aromatic N) is 1. The second-order valence-electron chi connectivity index (χ2n) is 5.44. The van der Waals surface area contributed by atoms with E-state index in [0.29, 0.717) is 12.5 Å². The third-order valence-corrected chi connectivity index (χ3v) is 4.30. The van der Waals surface area contributed by atoms with Crippen molar-refractivity contribution in [2.24, 2.45) is 0 Å². The zero-order valence-electron chi connectivity index (χ0n) is 13.1. The van der Waals surface area contributed by atoms with Gasteiger partial charge in [0.15, 0.2) is 0 Å². The van der Waals surface area contributed by atoms with Crippen molar-refractivity contribution in [1.82, 2.24) is 10.3 Å². The molecule has 4 heteroatoms. The molecular formula is C17H24N2OS. The van der Waals surface area contributed by atoms with Crippen LogP contribution in [0.25, 0.3) is 0 Å². The van der Waals surface area contributed by atoms with Gasteiger partial charge in [-0.2, -0.15) is 0 Å². The summed E-state index contributed by atoms with van der Waals surface area (Å²) in [6, 6.07) is 8.26. The Hall–Kier alpha value is -1.39. The summed E-state index contributed by atoms with van der Waals surface area (Å²) in [6.45, 7) is 8.97. The Labute approximate surface area is 131 Å². The molecule has 0 unspecified atom stereocenters. The van der Waals surface area contributed by atoms with Crippen LogP contribution in [0.2, 0.25) is 0 Å². The number of hydrogen-bond donors (Lipinski definition) is 1. The number of ether oxygens (including phenoxy) is 1. The molecule has 1 aromatic carbocycles. The molecular weight excluding hydrogens is 280 g/mol. The van der Waals surface area contributed by atoms with Crippen LogP contribution < -0.4 is 10.1 Å². The van der Waals surface area contributed by atoms with Crippen molar-refractivity contribution in [3.63, 3.8) is 0 Å². The Morgan fingerprint density at radius 2 is 2.19 bits per heavy atom. The Balaban J connectivity index is 1.88. The topological polar surface area (TPSA) is 34.1 Å². The van der Waals surface area contributed by atoms with E-state index in [1.807, 2.05) is 12.1 Å². The molecule has 0 fully saturated rings. The van der Waals surface area contributed by atoms with E-state index in [-0.39, 0.29) is 0 Å². The number of hydrogen-bond acceptors (Lipinski definition) is 4. The second kappa shape index (κ2) is 8.15. The average molecular weight is 304 g/mol. The van der Waals surface area contributed by atoms with Gasteiger partial charge in [-0.1, -0.05) is 32.9 Å². The van der Waals surface area contributed by atoms with E-state index in [0.717, 1.165) is 31.0 Å². The van der Waals surface area contributed by atoms with Crippen LogP contribution >= 0.6 is 11.3 Å². The highest BCUT2D eigenvalue weighted by atomic mass is 32.1. The quantitative estimate of drug-likeness (QED) is 0.736. The highest BCUT2D eigenvalue weighted by Crippen LogP contribution is 2.20. The van der Waals surface area contributed by atoms with Gasteiger partial charge in [0.2, 0.25) is 0 Å². The van der Waals surface area contributed by atoms with Gasteiger partial charge >= 0.3 is 0 Å². The molecule has 1 aromatic heterocycles. The second-order valence-corrected chi connectivity index (χ2v) is 6.33. The highest BCUT2D eigenvalue weighted by molar-refractivity contribution is 7.09. The number of benzene rings is 1. The molecule has 3 nitrogen and oxygen atoms in total. The van der Waals surface area contributed by atoms with Crippen LogP contribution in [0.3, 0.4) is 0 Å². The van der Waals surface area contributed by atoms with Gasteiger partial charge in [0.05, 0.1) is 10.7 Å². The summed E-state index contributed by atoms with van der Waals surface area (Å²) >= 11 is 1.71. The molecule has 0 bridgehead atoms. The summed E-state index contributed by atoms with van der Waals surface area (Å²) in [5.74, 6) is 1.39. The van der Waals surface area contributed by atoms with E-state index in [9.17, 15) is 0 Å². The SMILES string of the molecule is CCCNCc1cccc(OCc2csc(C(C)C)n2)c1. The van der Waals surface area contributed by atoms with E-state index in [1.54, 1.807) is 11.3 Å². The first-order valence-corrected chi connectivity index (χ1v) is 8.43. The maximum absolute atomic E-state index is 5.85. The van der Waals surface area contributed by atoms with Gasteiger partial charge in [0.1, 0.15) is 12.4 Å². The van der Waals surface area contributed by atoms with Gasteiger partial charge in [0.25, 0.3) is 0 Å². The minimum atomic E-state index is 0.483. The molecule has 0 aliphatic rings. The molecule has 0 radical (unpaired) electrons. The molecule has 2 aromatic rings. The molecule has 21 heavy (non-hydrogen) atoms. The predicted molar refractivity (Wildman–Crippen MR) is 89.0 cm³/mol. The molecule has 114 valence electrons. The first kappa shape index (κ1) is 16.0. The van der Waals surface area contributed by atoms with Gasteiger partial charge in [-0.25, -0.2) is 4.98 Å². The third-order valence-electron chi connectivity index (χ3n) is 3.10. The Kier molecular flexibility index (Phi) is 6.21. The molecule has 0 spiro atoms. The van der Waals surface area contributed by atoms with Gasteiger partial charge in [-0.15, -0.1) is 11.3 Å². The summed E-state index contributed by atoms with van der Waals surface area (Å²) in [5.41, 5.74) is 2.26. The summed E-state index contributed by atoms with van der Waals surface area (Å²) in [4.78, 5) is 4.59. The average Bonchev–Trinajstić information content (AvgIpc) is 2.95.